The number of halogens is 2. The van der Waals surface area contributed by atoms with Crippen molar-refractivity contribution in [3.8, 4) is 22.4 Å². The lowest BCUT2D eigenvalue weighted by molar-refractivity contribution is -0.115. The quantitative estimate of drug-likeness (QED) is 0.444. The van der Waals surface area contributed by atoms with E-state index in [2.05, 4.69) is 4.98 Å². The summed E-state index contributed by atoms with van der Waals surface area (Å²) >= 11 is 6.46. The van der Waals surface area contributed by atoms with Crippen LogP contribution in [0.3, 0.4) is 0 Å². The Morgan fingerprint density at radius 1 is 1.06 bits per heavy atom. The highest BCUT2D eigenvalue weighted by molar-refractivity contribution is 6.34. The van der Waals surface area contributed by atoms with Crippen LogP contribution in [0.4, 0.5) is 15.9 Å². The van der Waals surface area contributed by atoms with Gasteiger partial charge in [0.1, 0.15) is 17.3 Å². The molecule has 2 aromatic heterocycles. The molecule has 1 N–H and O–H groups in total. The number of nitrogens with zero attached hydrogens (tertiary/aromatic N) is 4. The number of benzene rings is 2. The zero-order chi connectivity index (χ0) is 22.7. The molecule has 0 aliphatic rings. The first-order valence-electron chi connectivity index (χ1n) is 9.94. The van der Waals surface area contributed by atoms with E-state index in [1.54, 1.807) is 53.5 Å². The molecule has 0 spiro atoms. The molecule has 1 amide bonds. The molecule has 32 heavy (non-hydrogen) atoms. The monoisotopic (exact) mass is 450 g/mol. The summed E-state index contributed by atoms with van der Waals surface area (Å²) in [6.07, 6.45) is 3.29. The number of pyridine rings is 1. The van der Waals surface area contributed by atoms with Gasteiger partial charge in [0.25, 0.3) is 0 Å². The highest BCUT2D eigenvalue weighted by Gasteiger charge is 2.29. The molecule has 0 aliphatic heterocycles. The number of amides is 1. The number of aromatic nitrogens is 3. The Morgan fingerprint density at radius 3 is 2.38 bits per heavy atom. The molecule has 162 valence electrons. The topological polar surface area (TPSA) is 71.2 Å². The number of para-hydroxylation sites is 1. The van der Waals surface area contributed by atoms with E-state index in [1.807, 2.05) is 12.1 Å². The van der Waals surface area contributed by atoms with E-state index in [1.165, 1.54) is 24.0 Å². The number of anilines is 2. The molecule has 4 rings (SSSR count). The SMILES string of the molecule is CC(=O)N(c1ccccc1Cl)c1c(-c2ccncc2)c(-c2ccc(F)cc2)nn1CCO. The molecule has 0 radical (unpaired) electrons. The van der Waals surface area contributed by atoms with Crippen LogP contribution in [-0.4, -0.2) is 32.4 Å². The van der Waals surface area contributed by atoms with Gasteiger partial charge in [-0.2, -0.15) is 5.10 Å². The molecule has 6 nitrogen and oxygen atoms in total. The summed E-state index contributed by atoms with van der Waals surface area (Å²) in [6, 6.07) is 16.6. The summed E-state index contributed by atoms with van der Waals surface area (Å²) in [6.45, 7) is 1.39. The van der Waals surface area contributed by atoms with Gasteiger partial charge in [-0.1, -0.05) is 23.7 Å². The Balaban J connectivity index is 2.07. The van der Waals surface area contributed by atoms with E-state index in [9.17, 15) is 14.3 Å². The average molecular weight is 451 g/mol. The number of rotatable bonds is 6. The minimum absolute atomic E-state index is 0.142. The van der Waals surface area contributed by atoms with Crippen molar-refractivity contribution in [1.82, 2.24) is 14.8 Å². The van der Waals surface area contributed by atoms with Gasteiger partial charge < -0.3 is 5.11 Å². The number of hydrogen-bond donors (Lipinski definition) is 1. The molecule has 0 fully saturated rings. The van der Waals surface area contributed by atoms with Gasteiger partial charge in [0.15, 0.2) is 0 Å². The Hall–Kier alpha value is -3.55. The lowest BCUT2D eigenvalue weighted by atomic mass is 10.0. The van der Waals surface area contributed by atoms with Crippen molar-refractivity contribution in [2.75, 3.05) is 11.5 Å². The molecule has 4 aromatic rings. The molecule has 0 saturated heterocycles. The first kappa shape index (κ1) is 21.7. The first-order valence-corrected chi connectivity index (χ1v) is 10.3. The highest BCUT2D eigenvalue weighted by atomic mass is 35.5. The number of aliphatic hydroxyl groups excluding tert-OH is 1. The van der Waals surface area contributed by atoms with Crippen LogP contribution in [0, 0.1) is 5.82 Å². The van der Waals surface area contributed by atoms with Crippen molar-refractivity contribution < 1.29 is 14.3 Å². The second-order valence-corrected chi connectivity index (χ2v) is 7.45. The van der Waals surface area contributed by atoms with E-state index >= 15 is 0 Å². The Morgan fingerprint density at radius 2 is 1.75 bits per heavy atom. The Bertz CT molecular complexity index is 1240. The van der Waals surface area contributed by atoms with Gasteiger partial charge in [-0.15, -0.1) is 0 Å². The largest absolute Gasteiger partial charge is 0.394 e. The van der Waals surface area contributed by atoms with E-state index in [0.717, 1.165) is 5.56 Å². The molecule has 0 saturated carbocycles. The number of carbonyl (C=O) groups is 1. The van der Waals surface area contributed by atoms with Crippen LogP contribution in [0.5, 0.6) is 0 Å². The molecular weight excluding hydrogens is 431 g/mol. The standard InChI is InChI=1S/C24H20ClFN4O2/c1-16(32)30(21-5-3-2-4-20(21)25)24-22(17-10-12-27-13-11-17)23(28-29(24)14-15-31)18-6-8-19(26)9-7-18/h2-13,31H,14-15H2,1H3. The van der Waals surface area contributed by atoms with Crippen LogP contribution >= 0.6 is 11.6 Å². The fourth-order valence-corrected chi connectivity index (χ4v) is 3.81. The summed E-state index contributed by atoms with van der Waals surface area (Å²) in [5, 5.41) is 14.8. The number of carbonyl (C=O) groups excluding carboxylic acids is 1. The second kappa shape index (κ2) is 9.30. The maximum Gasteiger partial charge on any atom is 0.229 e. The van der Waals surface area contributed by atoms with Crippen molar-refractivity contribution in [3.05, 3.63) is 83.9 Å². The summed E-state index contributed by atoms with van der Waals surface area (Å²) < 4.78 is 15.2. The molecule has 0 bridgehead atoms. The smallest absolute Gasteiger partial charge is 0.229 e. The zero-order valence-corrected chi connectivity index (χ0v) is 18.0. The van der Waals surface area contributed by atoms with Crippen LogP contribution in [0.1, 0.15) is 6.92 Å². The highest BCUT2D eigenvalue weighted by Crippen LogP contribution is 2.43. The Labute approximate surface area is 189 Å². The molecule has 2 aromatic carbocycles. The summed E-state index contributed by atoms with van der Waals surface area (Å²) in [5.74, 6) is -0.195. The summed E-state index contributed by atoms with van der Waals surface area (Å²) in [7, 11) is 0. The van der Waals surface area contributed by atoms with Crippen LogP contribution in [0.25, 0.3) is 22.4 Å². The first-order chi connectivity index (χ1) is 15.5. The zero-order valence-electron chi connectivity index (χ0n) is 17.2. The minimum atomic E-state index is -0.365. The average Bonchev–Trinajstić information content (AvgIpc) is 3.15. The van der Waals surface area contributed by atoms with Crippen molar-refractivity contribution in [2.45, 2.75) is 13.5 Å². The van der Waals surface area contributed by atoms with Gasteiger partial charge in [-0.25, -0.2) is 9.07 Å². The maximum atomic E-state index is 13.6. The third kappa shape index (κ3) is 4.12. The van der Waals surface area contributed by atoms with Crippen molar-refractivity contribution in [2.24, 2.45) is 0 Å². The molecular formula is C24H20ClFN4O2. The third-order valence-corrected chi connectivity index (χ3v) is 5.26. The normalized spacial score (nSPS) is 10.9. The second-order valence-electron chi connectivity index (χ2n) is 7.04. The van der Waals surface area contributed by atoms with Crippen LogP contribution in [0.2, 0.25) is 5.02 Å². The molecule has 0 unspecified atom stereocenters. The summed E-state index contributed by atoms with van der Waals surface area (Å²) in [5.41, 5.74) is 3.10. The Kier molecular flexibility index (Phi) is 6.30. The van der Waals surface area contributed by atoms with Crippen molar-refractivity contribution in [3.63, 3.8) is 0 Å². The van der Waals surface area contributed by atoms with Crippen LogP contribution in [-0.2, 0) is 11.3 Å². The number of aliphatic hydroxyl groups is 1. The van der Waals surface area contributed by atoms with E-state index in [4.69, 9.17) is 16.7 Å². The van der Waals surface area contributed by atoms with Gasteiger partial charge in [-0.3, -0.25) is 14.7 Å². The lowest BCUT2D eigenvalue weighted by Crippen LogP contribution is -2.27. The summed E-state index contributed by atoms with van der Waals surface area (Å²) in [4.78, 5) is 18.5. The van der Waals surface area contributed by atoms with Gasteiger partial charge in [-0.05, 0) is 54.1 Å². The van der Waals surface area contributed by atoms with E-state index in [-0.39, 0.29) is 24.9 Å². The van der Waals surface area contributed by atoms with Gasteiger partial charge in [0, 0.05) is 24.9 Å². The van der Waals surface area contributed by atoms with E-state index < -0.39 is 0 Å². The van der Waals surface area contributed by atoms with Crippen LogP contribution < -0.4 is 4.90 Å². The minimum Gasteiger partial charge on any atom is -0.394 e. The van der Waals surface area contributed by atoms with Gasteiger partial charge in [0.05, 0.1) is 29.4 Å². The van der Waals surface area contributed by atoms with E-state index in [0.29, 0.717) is 33.3 Å². The predicted octanol–water partition coefficient (Wildman–Crippen LogP) is 5.08. The van der Waals surface area contributed by atoms with Gasteiger partial charge >= 0.3 is 0 Å². The van der Waals surface area contributed by atoms with Crippen molar-refractivity contribution in [1.29, 1.82) is 0 Å². The fourth-order valence-electron chi connectivity index (χ4n) is 3.59. The maximum absolute atomic E-state index is 13.6. The predicted molar refractivity (Wildman–Crippen MR) is 122 cm³/mol. The molecule has 2 heterocycles. The lowest BCUT2D eigenvalue weighted by Gasteiger charge is -2.24. The van der Waals surface area contributed by atoms with Crippen LogP contribution in [0.15, 0.2) is 73.1 Å². The van der Waals surface area contributed by atoms with Gasteiger partial charge in [0.2, 0.25) is 5.91 Å². The van der Waals surface area contributed by atoms with Crippen molar-refractivity contribution >= 4 is 29.0 Å². The molecule has 8 heteroatoms. The molecule has 0 aliphatic carbocycles. The third-order valence-electron chi connectivity index (χ3n) is 4.94. The number of hydrogen-bond acceptors (Lipinski definition) is 4. The fraction of sp³-hybridized carbons (Fsp3) is 0.125. The molecule has 0 atom stereocenters.